The number of imidazole rings is 1. The summed E-state index contributed by atoms with van der Waals surface area (Å²) in [7, 11) is 0. The lowest BCUT2D eigenvalue weighted by Gasteiger charge is -2.33. The fourth-order valence-electron chi connectivity index (χ4n) is 3.62. The summed E-state index contributed by atoms with van der Waals surface area (Å²) in [6.45, 7) is 4.01. The van der Waals surface area contributed by atoms with Crippen molar-refractivity contribution >= 4 is 28.2 Å². The number of pyridine rings is 1. The molecule has 8 nitrogen and oxygen atoms in total. The van der Waals surface area contributed by atoms with E-state index >= 15 is 0 Å². The molecule has 158 valence electrons. The second-order valence-electron chi connectivity index (χ2n) is 7.19. The largest absolute Gasteiger partial charge is 0.368 e. The Balaban J connectivity index is 1.31. The van der Waals surface area contributed by atoms with Gasteiger partial charge in [0.25, 0.3) is 0 Å². The number of carbonyl (C=O) groups is 1. The van der Waals surface area contributed by atoms with Crippen LogP contribution in [0, 0.1) is 11.9 Å². The smallest absolute Gasteiger partial charge is 0.321 e. The van der Waals surface area contributed by atoms with Gasteiger partial charge in [0.1, 0.15) is 5.69 Å². The quantitative estimate of drug-likeness (QED) is 0.519. The van der Waals surface area contributed by atoms with Crippen LogP contribution in [0.15, 0.2) is 30.7 Å². The second-order valence-corrected chi connectivity index (χ2v) is 8.31. The van der Waals surface area contributed by atoms with Crippen LogP contribution >= 0.6 is 11.3 Å². The highest BCUT2D eigenvalue weighted by Gasteiger charge is 2.23. The first-order chi connectivity index (χ1) is 14.6. The van der Waals surface area contributed by atoms with Crippen molar-refractivity contribution in [2.45, 2.75) is 26.2 Å². The van der Waals surface area contributed by atoms with E-state index in [1.54, 1.807) is 24.5 Å². The summed E-state index contributed by atoms with van der Waals surface area (Å²) in [5.74, 6) is 0.605. The lowest BCUT2D eigenvalue weighted by molar-refractivity contribution is 0.252. The molecule has 0 bridgehead atoms. The van der Waals surface area contributed by atoms with Gasteiger partial charge in [0, 0.05) is 43.1 Å². The summed E-state index contributed by atoms with van der Waals surface area (Å²) >= 11 is 1.51. The average molecular weight is 430 g/mol. The zero-order valence-electron chi connectivity index (χ0n) is 16.7. The van der Waals surface area contributed by atoms with Gasteiger partial charge in [-0.2, -0.15) is 4.39 Å². The molecular formula is C20H24FN7OS. The van der Waals surface area contributed by atoms with E-state index in [-0.39, 0.29) is 6.03 Å². The molecule has 30 heavy (non-hydrogen) atoms. The molecule has 4 heterocycles. The van der Waals surface area contributed by atoms with Crippen LogP contribution in [0.25, 0.3) is 11.5 Å². The molecule has 0 saturated carbocycles. The van der Waals surface area contributed by atoms with Gasteiger partial charge in [0.05, 0.1) is 5.69 Å². The SMILES string of the molecule is CCNC(=O)Nc1ncc(CC2CCN(c3ccc(-c4ncc[nH]4)nc3F)CC2)s1. The second kappa shape index (κ2) is 9.21. The molecule has 3 N–H and O–H groups in total. The van der Waals surface area contributed by atoms with Gasteiger partial charge < -0.3 is 15.2 Å². The number of aromatic amines is 1. The normalized spacial score (nSPS) is 14.7. The maximum atomic E-state index is 14.6. The molecular weight excluding hydrogens is 405 g/mol. The van der Waals surface area contributed by atoms with Crippen LogP contribution in [0.4, 0.5) is 20.0 Å². The van der Waals surface area contributed by atoms with E-state index < -0.39 is 5.95 Å². The number of thiazole rings is 1. The number of amides is 2. The fraction of sp³-hybridized carbons (Fsp3) is 0.400. The van der Waals surface area contributed by atoms with E-state index in [1.807, 2.05) is 13.1 Å². The van der Waals surface area contributed by atoms with Crippen molar-refractivity contribution in [2.24, 2.45) is 5.92 Å². The van der Waals surface area contributed by atoms with Crippen molar-refractivity contribution in [1.82, 2.24) is 25.3 Å². The van der Waals surface area contributed by atoms with Crippen molar-refractivity contribution in [1.29, 1.82) is 0 Å². The predicted molar refractivity (Wildman–Crippen MR) is 115 cm³/mol. The summed E-state index contributed by atoms with van der Waals surface area (Å²) in [4.78, 5) is 30.2. The van der Waals surface area contributed by atoms with Crippen LogP contribution in [-0.4, -0.2) is 45.6 Å². The zero-order chi connectivity index (χ0) is 20.9. The first kappa shape index (κ1) is 20.3. The Kier molecular flexibility index (Phi) is 6.22. The number of hydrogen-bond acceptors (Lipinski definition) is 6. The van der Waals surface area contributed by atoms with Gasteiger partial charge in [-0.25, -0.2) is 19.7 Å². The van der Waals surface area contributed by atoms with Crippen LogP contribution < -0.4 is 15.5 Å². The molecule has 10 heteroatoms. The summed E-state index contributed by atoms with van der Waals surface area (Å²) in [6.07, 6.45) is 7.99. The Bertz CT molecular complexity index is 983. The molecule has 1 aliphatic rings. The molecule has 2 amide bonds. The fourth-order valence-corrected chi connectivity index (χ4v) is 4.55. The van der Waals surface area contributed by atoms with Crippen LogP contribution in [0.2, 0.25) is 0 Å². The summed E-state index contributed by atoms with van der Waals surface area (Å²) < 4.78 is 14.6. The average Bonchev–Trinajstić information content (AvgIpc) is 3.41. The Morgan fingerprint density at radius 2 is 2.17 bits per heavy atom. The third-order valence-electron chi connectivity index (χ3n) is 5.13. The van der Waals surface area contributed by atoms with Gasteiger partial charge in [0.2, 0.25) is 5.95 Å². The van der Waals surface area contributed by atoms with Gasteiger partial charge in [-0.1, -0.05) is 0 Å². The highest BCUT2D eigenvalue weighted by molar-refractivity contribution is 7.15. The van der Waals surface area contributed by atoms with Crippen molar-refractivity contribution in [3.63, 3.8) is 0 Å². The highest BCUT2D eigenvalue weighted by Crippen LogP contribution is 2.30. The van der Waals surface area contributed by atoms with Gasteiger partial charge in [0.15, 0.2) is 11.0 Å². The minimum atomic E-state index is -0.467. The molecule has 1 saturated heterocycles. The number of anilines is 2. The number of urea groups is 1. The van der Waals surface area contributed by atoms with Gasteiger partial charge >= 0.3 is 6.03 Å². The number of carbonyl (C=O) groups excluding carboxylic acids is 1. The third kappa shape index (κ3) is 4.76. The van der Waals surface area contributed by atoms with Gasteiger partial charge in [-0.15, -0.1) is 11.3 Å². The first-order valence-corrected chi connectivity index (χ1v) is 10.8. The van der Waals surface area contributed by atoms with E-state index in [9.17, 15) is 9.18 Å². The van der Waals surface area contributed by atoms with Crippen LogP contribution in [-0.2, 0) is 6.42 Å². The molecule has 0 aliphatic carbocycles. The maximum Gasteiger partial charge on any atom is 0.321 e. The van der Waals surface area contributed by atoms with Crippen LogP contribution in [0.5, 0.6) is 0 Å². The lowest BCUT2D eigenvalue weighted by Crippen LogP contribution is -2.35. The number of rotatable bonds is 6. The monoisotopic (exact) mass is 429 g/mol. The van der Waals surface area contributed by atoms with Gasteiger partial charge in [-0.05, 0) is 44.2 Å². The minimum absolute atomic E-state index is 0.236. The summed E-state index contributed by atoms with van der Waals surface area (Å²) in [5, 5.41) is 6.04. The number of nitrogens with zero attached hydrogens (tertiary/aromatic N) is 4. The van der Waals surface area contributed by atoms with E-state index in [1.165, 1.54) is 11.3 Å². The van der Waals surface area contributed by atoms with E-state index in [2.05, 4.69) is 35.5 Å². The van der Waals surface area contributed by atoms with E-state index in [0.717, 1.165) is 37.2 Å². The topological polar surface area (TPSA) is 98.8 Å². The Hall–Kier alpha value is -3.01. The van der Waals surface area contributed by atoms with Crippen molar-refractivity contribution in [3.05, 3.63) is 41.5 Å². The molecule has 0 radical (unpaired) electrons. The molecule has 0 unspecified atom stereocenters. The summed E-state index contributed by atoms with van der Waals surface area (Å²) in [6, 6.07) is 3.34. The number of aromatic nitrogens is 4. The predicted octanol–water partition coefficient (Wildman–Crippen LogP) is 3.67. The van der Waals surface area contributed by atoms with Crippen molar-refractivity contribution in [3.8, 4) is 11.5 Å². The number of H-pyrrole nitrogens is 1. The standard InChI is InChI=1S/C20H24FN7OS/c1-2-22-19(29)27-20-25-12-14(30-20)11-13-5-9-28(10-6-13)16-4-3-15(26-17(16)21)18-23-7-8-24-18/h3-4,7-8,12-13H,2,5-6,9-11H2,1H3,(H,23,24)(H2,22,25,27,29). The molecule has 1 fully saturated rings. The highest BCUT2D eigenvalue weighted by atomic mass is 32.1. The molecule has 4 rings (SSSR count). The van der Waals surface area contributed by atoms with Gasteiger partial charge in [-0.3, -0.25) is 5.32 Å². The number of hydrogen-bond donors (Lipinski definition) is 3. The van der Waals surface area contributed by atoms with E-state index in [4.69, 9.17) is 0 Å². The third-order valence-corrected chi connectivity index (χ3v) is 6.06. The number of halogens is 1. The molecule has 1 aliphatic heterocycles. The van der Waals surface area contributed by atoms with E-state index in [0.29, 0.717) is 34.8 Å². The molecule has 0 atom stereocenters. The zero-order valence-corrected chi connectivity index (χ0v) is 17.5. The first-order valence-electron chi connectivity index (χ1n) is 10.0. The van der Waals surface area contributed by atoms with Crippen LogP contribution in [0.3, 0.4) is 0 Å². The van der Waals surface area contributed by atoms with Crippen molar-refractivity contribution < 1.29 is 9.18 Å². The lowest BCUT2D eigenvalue weighted by atomic mass is 9.93. The molecule has 0 spiro atoms. The number of piperidine rings is 1. The minimum Gasteiger partial charge on any atom is -0.368 e. The maximum absolute atomic E-state index is 14.6. The molecule has 3 aromatic heterocycles. The Labute approximate surface area is 178 Å². The molecule has 0 aromatic carbocycles. The van der Waals surface area contributed by atoms with Crippen molar-refractivity contribution in [2.75, 3.05) is 29.9 Å². The molecule has 3 aromatic rings. The Morgan fingerprint density at radius 3 is 2.87 bits per heavy atom. The number of nitrogens with one attached hydrogen (secondary N) is 3. The van der Waals surface area contributed by atoms with Crippen LogP contribution in [0.1, 0.15) is 24.6 Å². The Morgan fingerprint density at radius 1 is 1.33 bits per heavy atom. The summed E-state index contributed by atoms with van der Waals surface area (Å²) in [5.41, 5.74) is 1.04.